The summed E-state index contributed by atoms with van der Waals surface area (Å²) in [6.07, 6.45) is -4.80. The van der Waals surface area contributed by atoms with E-state index in [1.807, 2.05) is 12.1 Å². The normalized spacial score (nSPS) is 11.0. The zero-order chi connectivity index (χ0) is 28.7. The van der Waals surface area contributed by atoms with Gasteiger partial charge in [-0.05, 0) is 72.3 Å². The lowest BCUT2D eigenvalue weighted by atomic mass is 10.1. The van der Waals surface area contributed by atoms with E-state index in [4.69, 9.17) is 21.1 Å². The van der Waals surface area contributed by atoms with Crippen LogP contribution in [0.4, 0.5) is 18.9 Å². The second kappa shape index (κ2) is 12.8. The largest absolute Gasteiger partial charge is 0.497 e. The number of halogens is 4. The zero-order valence-electron chi connectivity index (χ0n) is 21.0. The van der Waals surface area contributed by atoms with Gasteiger partial charge in [0.1, 0.15) is 29.2 Å². The van der Waals surface area contributed by atoms with Crippen LogP contribution in [0.5, 0.6) is 11.5 Å². The number of carbonyl (C=O) groups is 1. The Kier molecular flexibility index (Phi) is 9.19. The van der Waals surface area contributed by atoms with Crippen molar-refractivity contribution in [3.8, 4) is 28.8 Å². The number of alkyl halides is 3. The van der Waals surface area contributed by atoms with Crippen LogP contribution in [0.3, 0.4) is 0 Å². The molecule has 6 nitrogen and oxygen atoms in total. The SMILES string of the molecule is COc1ccc(NC(=O)CSc2nc(-c3ccc(OCc4ccc(Cl)cc4)cc3)cc(C(F)(F)F)c2C#N)cc1. The van der Waals surface area contributed by atoms with Gasteiger partial charge in [-0.25, -0.2) is 4.98 Å². The molecular formula is C29H21ClF3N3O3S. The molecule has 40 heavy (non-hydrogen) atoms. The van der Waals surface area contributed by atoms with Crippen molar-refractivity contribution >= 4 is 35.0 Å². The molecule has 0 saturated heterocycles. The number of amides is 1. The van der Waals surface area contributed by atoms with Gasteiger partial charge in [0.25, 0.3) is 0 Å². The highest BCUT2D eigenvalue weighted by Gasteiger charge is 2.36. The number of methoxy groups -OCH3 is 1. The maximum absolute atomic E-state index is 13.9. The molecule has 1 heterocycles. The third kappa shape index (κ3) is 7.46. The lowest BCUT2D eigenvalue weighted by Crippen LogP contribution is -2.15. The molecule has 0 bridgehead atoms. The fourth-order valence-electron chi connectivity index (χ4n) is 3.58. The molecule has 4 aromatic rings. The fourth-order valence-corrected chi connectivity index (χ4v) is 4.51. The van der Waals surface area contributed by atoms with E-state index in [1.54, 1.807) is 66.7 Å². The summed E-state index contributed by atoms with van der Waals surface area (Å²) in [4.78, 5) is 16.8. The molecule has 0 atom stereocenters. The predicted molar refractivity (Wildman–Crippen MR) is 148 cm³/mol. The summed E-state index contributed by atoms with van der Waals surface area (Å²) in [5.74, 6) is 0.384. The quantitative estimate of drug-likeness (QED) is 0.204. The molecule has 0 radical (unpaired) electrons. The average molecular weight is 584 g/mol. The first-order valence-electron chi connectivity index (χ1n) is 11.7. The van der Waals surface area contributed by atoms with Crippen molar-refractivity contribution < 1.29 is 27.4 Å². The monoisotopic (exact) mass is 583 g/mol. The molecule has 1 N–H and O–H groups in total. The van der Waals surface area contributed by atoms with Crippen molar-refractivity contribution in [3.63, 3.8) is 0 Å². The Hall–Kier alpha value is -4.20. The van der Waals surface area contributed by atoms with E-state index in [0.717, 1.165) is 23.4 Å². The second-order valence-electron chi connectivity index (χ2n) is 8.35. The summed E-state index contributed by atoms with van der Waals surface area (Å²) >= 11 is 6.64. The molecule has 1 aromatic heterocycles. The van der Waals surface area contributed by atoms with Crippen LogP contribution in [-0.2, 0) is 17.6 Å². The summed E-state index contributed by atoms with van der Waals surface area (Å²) in [5.41, 5.74) is 0.0206. The number of pyridine rings is 1. The van der Waals surface area contributed by atoms with Crippen LogP contribution >= 0.6 is 23.4 Å². The Morgan fingerprint density at radius 2 is 1.68 bits per heavy atom. The van der Waals surface area contributed by atoms with Crippen molar-refractivity contribution in [1.29, 1.82) is 5.26 Å². The van der Waals surface area contributed by atoms with Crippen LogP contribution < -0.4 is 14.8 Å². The summed E-state index contributed by atoms with van der Waals surface area (Å²) in [6, 6.07) is 22.6. The third-order valence-corrected chi connectivity index (χ3v) is 6.81. The van der Waals surface area contributed by atoms with Gasteiger partial charge in [-0.15, -0.1) is 0 Å². The summed E-state index contributed by atoms with van der Waals surface area (Å²) < 4.78 is 52.5. The standard InChI is InChI=1S/C29H21ClF3N3O3S/c1-38-22-12-8-21(9-13-22)35-27(37)17-40-28-24(15-34)25(29(31,32)33)14-26(36-28)19-4-10-23(11-5-19)39-16-18-2-6-20(30)7-3-18/h2-14H,16-17H2,1H3,(H,35,37). The lowest BCUT2D eigenvalue weighted by Gasteiger charge is -2.14. The number of carbonyl (C=O) groups excluding carboxylic acids is 1. The minimum atomic E-state index is -4.80. The maximum Gasteiger partial charge on any atom is 0.417 e. The first-order chi connectivity index (χ1) is 19.2. The number of thioether (sulfide) groups is 1. The average Bonchev–Trinajstić information content (AvgIpc) is 2.95. The number of nitrogens with one attached hydrogen (secondary N) is 1. The van der Waals surface area contributed by atoms with E-state index in [2.05, 4.69) is 10.3 Å². The minimum Gasteiger partial charge on any atom is -0.497 e. The molecule has 1 amide bonds. The first kappa shape index (κ1) is 28.8. The Bertz CT molecular complexity index is 1520. The number of rotatable bonds is 9. The molecule has 11 heteroatoms. The zero-order valence-corrected chi connectivity index (χ0v) is 22.5. The van der Waals surface area contributed by atoms with Crippen molar-refractivity contribution in [2.75, 3.05) is 18.2 Å². The maximum atomic E-state index is 13.9. The predicted octanol–water partition coefficient (Wildman–Crippen LogP) is 7.61. The van der Waals surface area contributed by atoms with Crippen LogP contribution in [0.1, 0.15) is 16.7 Å². The molecule has 0 saturated carbocycles. The van der Waals surface area contributed by atoms with E-state index in [1.165, 1.54) is 7.11 Å². The Labute approximate surface area is 237 Å². The summed E-state index contributed by atoms with van der Waals surface area (Å²) in [6.45, 7) is 0.281. The molecule has 0 aliphatic rings. The highest BCUT2D eigenvalue weighted by Crippen LogP contribution is 2.38. The molecular weight excluding hydrogens is 563 g/mol. The number of nitriles is 1. The highest BCUT2D eigenvalue weighted by atomic mass is 35.5. The smallest absolute Gasteiger partial charge is 0.417 e. The van der Waals surface area contributed by atoms with Gasteiger partial charge >= 0.3 is 6.18 Å². The summed E-state index contributed by atoms with van der Waals surface area (Å²) in [7, 11) is 1.51. The lowest BCUT2D eigenvalue weighted by molar-refractivity contribution is -0.138. The topological polar surface area (TPSA) is 84.2 Å². The van der Waals surface area contributed by atoms with Crippen molar-refractivity contribution in [3.05, 3.63) is 101 Å². The molecule has 0 unspecified atom stereocenters. The van der Waals surface area contributed by atoms with Gasteiger partial charge in [-0.2, -0.15) is 18.4 Å². The molecule has 0 aliphatic heterocycles. The van der Waals surface area contributed by atoms with Crippen LogP contribution in [0.15, 0.2) is 83.9 Å². The number of hydrogen-bond acceptors (Lipinski definition) is 6. The number of aromatic nitrogens is 1. The molecule has 3 aromatic carbocycles. The van der Waals surface area contributed by atoms with Gasteiger partial charge in [-0.1, -0.05) is 35.5 Å². The molecule has 204 valence electrons. The van der Waals surface area contributed by atoms with Gasteiger partial charge in [0, 0.05) is 16.3 Å². The van der Waals surface area contributed by atoms with E-state index < -0.39 is 23.2 Å². The van der Waals surface area contributed by atoms with Crippen molar-refractivity contribution in [1.82, 2.24) is 4.98 Å². The highest BCUT2D eigenvalue weighted by molar-refractivity contribution is 8.00. The van der Waals surface area contributed by atoms with Crippen LogP contribution in [-0.4, -0.2) is 23.8 Å². The molecule has 0 spiro atoms. The second-order valence-corrected chi connectivity index (χ2v) is 9.75. The van der Waals surface area contributed by atoms with Crippen molar-refractivity contribution in [2.24, 2.45) is 0 Å². The van der Waals surface area contributed by atoms with Gasteiger partial charge in [0.05, 0.1) is 29.7 Å². The Morgan fingerprint density at radius 3 is 2.27 bits per heavy atom. The van der Waals surface area contributed by atoms with Crippen LogP contribution in [0.2, 0.25) is 5.02 Å². The van der Waals surface area contributed by atoms with E-state index >= 15 is 0 Å². The van der Waals surface area contributed by atoms with Crippen LogP contribution in [0, 0.1) is 11.3 Å². The molecule has 4 rings (SSSR count). The minimum absolute atomic E-state index is 0.00800. The summed E-state index contributed by atoms with van der Waals surface area (Å²) in [5, 5.41) is 12.6. The molecule has 0 aliphatic carbocycles. The van der Waals surface area contributed by atoms with Gasteiger partial charge in [-0.3, -0.25) is 4.79 Å². The van der Waals surface area contributed by atoms with E-state index in [-0.39, 0.29) is 23.1 Å². The first-order valence-corrected chi connectivity index (χ1v) is 13.1. The number of ether oxygens (including phenoxy) is 2. The molecule has 0 fully saturated rings. The van der Waals surface area contributed by atoms with Gasteiger partial charge in [0.2, 0.25) is 5.91 Å². The van der Waals surface area contributed by atoms with Gasteiger partial charge < -0.3 is 14.8 Å². The van der Waals surface area contributed by atoms with E-state index in [9.17, 15) is 23.2 Å². The van der Waals surface area contributed by atoms with Gasteiger partial charge in [0.15, 0.2) is 0 Å². The number of anilines is 1. The fraction of sp³-hybridized carbons (Fsp3) is 0.138. The Balaban J connectivity index is 1.53. The Morgan fingerprint density at radius 1 is 1.02 bits per heavy atom. The number of nitrogens with zero attached hydrogens (tertiary/aromatic N) is 2. The van der Waals surface area contributed by atoms with Crippen LogP contribution in [0.25, 0.3) is 11.3 Å². The van der Waals surface area contributed by atoms with E-state index in [0.29, 0.717) is 27.8 Å². The number of hydrogen-bond donors (Lipinski definition) is 1. The number of benzene rings is 3. The van der Waals surface area contributed by atoms with Crippen molar-refractivity contribution in [2.45, 2.75) is 17.8 Å². The third-order valence-electron chi connectivity index (χ3n) is 5.59.